The number of halogens is 3. The number of rotatable bonds is 5. The molecule has 0 spiro atoms. The van der Waals surface area contributed by atoms with Gasteiger partial charge in [0.15, 0.2) is 0 Å². The number of carboxylic acid groups (broad SMARTS) is 1. The second kappa shape index (κ2) is 3.98. The second-order valence-electron chi connectivity index (χ2n) is 3.61. The molecular formula is C8H13F3O2. The lowest BCUT2D eigenvalue weighted by Crippen LogP contribution is -2.48. The van der Waals surface area contributed by atoms with Gasteiger partial charge in [0.25, 0.3) is 0 Å². The number of aliphatic carboxylic acids is 1. The third kappa shape index (κ3) is 1.78. The van der Waals surface area contributed by atoms with Gasteiger partial charge in [0, 0.05) is 0 Å². The summed E-state index contributed by atoms with van der Waals surface area (Å²) in [6.07, 6.45) is 0. The lowest BCUT2D eigenvalue weighted by atomic mass is 9.67. The zero-order chi connectivity index (χ0) is 10.7. The molecule has 0 heterocycles. The van der Waals surface area contributed by atoms with Crippen LogP contribution in [0.25, 0.3) is 0 Å². The molecule has 0 aromatic carbocycles. The first kappa shape index (κ1) is 12.3. The SMILES string of the molecule is CC(C)(C(=O)O)C(CF)(CF)CF. The summed E-state index contributed by atoms with van der Waals surface area (Å²) in [5.41, 5.74) is -3.80. The van der Waals surface area contributed by atoms with Gasteiger partial charge in [0.2, 0.25) is 0 Å². The third-order valence-electron chi connectivity index (χ3n) is 2.63. The molecule has 0 fully saturated rings. The molecule has 0 radical (unpaired) electrons. The number of carbonyl (C=O) groups is 1. The predicted molar refractivity (Wildman–Crippen MR) is 41.8 cm³/mol. The molecule has 0 rings (SSSR count). The van der Waals surface area contributed by atoms with E-state index in [1.807, 2.05) is 0 Å². The maximum atomic E-state index is 12.4. The van der Waals surface area contributed by atoms with E-state index in [1.165, 1.54) is 0 Å². The van der Waals surface area contributed by atoms with Crippen LogP contribution in [0.15, 0.2) is 0 Å². The molecule has 0 saturated heterocycles. The monoisotopic (exact) mass is 198 g/mol. The van der Waals surface area contributed by atoms with Gasteiger partial charge in [-0.1, -0.05) is 0 Å². The molecule has 0 aliphatic rings. The molecule has 0 aromatic rings. The summed E-state index contributed by atoms with van der Waals surface area (Å²) in [6, 6.07) is 0. The fraction of sp³-hybridized carbons (Fsp3) is 0.875. The molecule has 0 atom stereocenters. The van der Waals surface area contributed by atoms with Crippen LogP contribution in [0.3, 0.4) is 0 Å². The van der Waals surface area contributed by atoms with E-state index in [9.17, 15) is 18.0 Å². The Balaban J connectivity index is 5.02. The number of alkyl halides is 3. The minimum absolute atomic E-state index is 1.12. The minimum atomic E-state index is -2.06. The van der Waals surface area contributed by atoms with E-state index in [-0.39, 0.29) is 0 Å². The Morgan fingerprint density at radius 3 is 1.54 bits per heavy atom. The zero-order valence-corrected chi connectivity index (χ0v) is 7.61. The van der Waals surface area contributed by atoms with Crippen molar-refractivity contribution in [2.45, 2.75) is 13.8 Å². The van der Waals surface area contributed by atoms with Crippen molar-refractivity contribution in [1.29, 1.82) is 0 Å². The minimum Gasteiger partial charge on any atom is -0.481 e. The molecule has 5 heteroatoms. The Morgan fingerprint density at radius 2 is 1.46 bits per heavy atom. The Morgan fingerprint density at radius 1 is 1.15 bits per heavy atom. The van der Waals surface area contributed by atoms with Gasteiger partial charge in [0.05, 0.1) is 10.8 Å². The lowest BCUT2D eigenvalue weighted by Gasteiger charge is -2.37. The van der Waals surface area contributed by atoms with Gasteiger partial charge < -0.3 is 5.11 Å². The lowest BCUT2D eigenvalue weighted by molar-refractivity contribution is -0.159. The van der Waals surface area contributed by atoms with Gasteiger partial charge in [-0.3, -0.25) is 18.0 Å². The Kier molecular flexibility index (Phi) is 3.75. The maximum Gasteiger partial charge on any atom is 0.309 e. The van der Waals surface area contributed by atoms with Crippen LogP contribution in [-0.4, -0.2) is 31.1 Å². The molecule has 0 bridgehead atoms. The first-order chi connectivity index (χ1) is 5.88. The van der Waals surface area contributed by atoms with Crippen molar-refractivity contribution in [2.75, 3.05) is 20.0 Å². The number of carboxylic acids is 1. The average molecular weight is 198 g/mol. The third-order valence-corrected chi connectivity index (χ3v) is 2.63. The highest BCUT2D eigenvalue weighted by Gasteiger charge is 2.51. The Hall–Kier alpha value is -0.740. The van der Waals surface area contributed by atoms with E-state index >= 15 is 0 Å². The van der Waals surface area contributed by atoms with Crippen LogP contribution in [0.5, 0.6) is 0 Å². The molecule has 1 N–H and O–H groups in total. The van der Waals surface area contributed by atoms with Crippen LogP contribution in [0.2, 0.25) is 0 Å². The fourth-order valence-electron chi connectivity index (χ4n) is 0.835. The molecule has 0 aliphatic carbocycles. The van der Waals surface area contributed by atoms with Crippen LogP contribution >= 0.6 is 0 Å². The van der Waals surface area contributed by atoms with E-state index in [0.29, 0.717) is 0 Å². The Labute approximate surface area is 74.7 Å². The standard InChI is InChI=1S/C8H13F3O2/c1-7(2,6(12)13)8(3-9,4-10)5-11/h3-5H2,1-2H3,(H,12,13). The average Bonchev–Trinajstić information content (AvgIpc) is 2.08. The van der Waals surface area contributed by atoms with Crippen molar-refractivity contribution in [3.63, 3.8) is 0 Å². The Bertz CT molecular complexity index is 180. The summed E-state index contributed by atoms with van der Waals surface area (Å²) in [5, 5.41) is 8.67. The highest BCUT2D eigenvalue weighted by atomic mass is 19.1. The highest BCUT2D eigenvalue weighted by Crippen LogP contribution is 2.40. The van der Waals surface area contributed by atoms with Crippen molar-refractivity contribution in [3.05, 3.63) is 0 Å². The molecule has 13 heavy (non-hydrogen) atoms. The molecule has 0 aliphatic heterocycles. The van der Waals surface area contributed by atoms with Gasteiger partial charge in [-0.2, -0.15) is 0 Å². The van der Waals surface area contributed by atoms with E-state index < -0.39 is 36.8 Å². The summed E-state index contributed by atoms with van der Waals surface area (Å²) in [7, 11) is 0. The largest absolute Gasteiger partial charge is 0.481 e. The van der Waals surface area contributed by atoms with Crippen LogP contribution in [0.4, 0.5) is 13.2 Å². The topological polar surface area (TPSA) is 37.3 Å². The summed E-state index contributed by atoms with van der Waals surface area (Å²) in [6.45, 7) is -1.72. The number of hydrogen-bond acceptors (Lipinski definition) is 1. The first-order valence-electron chi connectivity index (χ1n) is 3.79. The molecule has 2 nitrogen and oxygen atoms in total. The first-order valence-corrected chi connectivity index (χ1v) is 3.79. The number of hydrogen-bond donors (Lipinski definition) is 1. The van der Waals surface area contributed by atoms with Crippen molar-refractivity contribution < 1.29 is 23.1 Å². The molecule has 0 unspecified atom stereocenters. The molecule has 0 saturated carbocycles. The maximum absolute atomic E-state index is 12.4. The van der Waals surface area contributed by atoms with Crippen molar-refractivity contribution in [3.8, 4) is 0 Å². The highest BCUT2D eigenvalue weighted by molar-refractivity contribution is 5.75. The molecule has 78 valence electrons. The molecule has 0 aromatic heterocycles. The van der Waals surface area contributed by atoms with Gasteiger partial charge >= 0.3 is 5.97 Å². The quantitative estimate of drug-likeness (QED) is 0.733. The second-order valence-corrected chi connectivity index (χ2v) is 3.61. The van der Waals surface area contributed by atoms with E-state index in [1.54, 1.807) is 0 Å². The van der Waals surface area contributed by atoms with E-state index in [0.717, 1.165) is 13.8 Å². The van der Waals surface area contributed by atoms with Crippen LogP contribution in [-0.2, 0) is 4.79 Å². The normalized spacial score (nSPS) is 13.0. The van der Waals surface area contributed by atoms with E-state index in [4.69, 9.17) is 5.11 Å². The predicted octanol–water partition coefficient (Wildman–Crippen LogP) is 1.99. The summed E-state index contributed by atoms with van der Waals surface area (Å²) in [4.78, 5) is 10.6. The van der Waals surface area contributed by atoms with Crippen molar-refractivity contribution >= 4 is 5.97 Å². The van der Waals surface area contributed by atoms with Gasteiger partial charge in [-0.25, -0.2) is 0 Å². The van der Waals surface area contributed by atoms with Gasteiger partial charge in [-0.05, 0) is 13.8 Å². The van der Waals surface area contributed by atoms with Gasteiger partial charge in [-0.15, -0.1) is 0 Å². The van der Waals surface area contributed by atoms with Crippen LogP contribution in [0.1, 0.15) is 13.8 Å². The molecule has 0 amide bonds. The van der Waals surface area contributed by atoms with Crippen LogP contribution < -0.4 is 0 Å². The smallest absolute Gasteiger partial charge is 0.309 e. The van der Waals surface area contributed by atoms with Crippen molar-refractivity contribution in [1.82, 2.24) is 0 Å². The molecular weight excluding hydrogens is 185 g/mol. The van der Waals surface area contributed by atoms with Gasteiger partial charge in [0.1, 0.15) is 20.0 Å². The fourth-order valence-corrected chi connectivity index (χ4v) is 0.835. The van der Waals surface area contributed by atoms with Crippen LogP contribution in [0, 0.1) is 10.8 Å². The van der Waals surface area contributed by atoms with E-state index in [2.05, 4.69) is 0 Å². The van der Waals surface area contributed by atoms with Crippen molar-refractivity contribution in [2.24, 2.45) is 10.8 Å². The zero-order valence-electron chi connectivity index (χ0n) is 7.61. The summed E-state index contributed by atoms with van der Waals surface area (Å²) >= 11 is 0. The summed E-state index contributed by atoms with van der Waals surface area (Å²) in [5.74, 6) is -1.40. The summed E-state index contributed by atoms with van der Waals surface area (Å²) < 4.78 is 37.3.